The van der Waals surface area contributed by atoms with E-state index in [0.717, 1.165) is 6.42 Å². The van der Waals surface area contributed by atoms with E-state index in [1.165, 1.54) is 0 Å². The van der Waals surface area contributed by atoms with Crippen LogP contribution in [0.3, 0.4) is 0 Å². The fraction of sp³-hybridized carbons (Fsp3) is 0.923. The van der Waals surface area contributed by atoms with Crippen LogP contribution in [-0.4, -0.2) is 38.3 Å². The van der Waals surface area contributed by atoms with Gasteiger partial charge in [-0.1, -0.05) is 20.8 Å². The molecule has 0 saturated heterocycles. The van der Waals surface area contributed by atoms with Crippen LogP contribution in [0.5, 0.6) is 0 Å². The Labute approximate surface area is 105 Å². The lowest BCUT2D eigenvalue weighted by atomic mass is 10.1. The minimum absolute atomic E-state index is 0.117. The first kappa shape index (κ1) is 16.4. The second kappa shape index (κ2) is 9.42. The standard InChI is InChI=1S/C13H28N2O2/c1-6-11(4)15-13(16)7-8-14-12(9-17-5)10(2)3/h10-12,14H,6-9H2,1-5H3,(H,15,16). The topological polar surface area (TPSA) is 50.4 Å². The van der Waals surface area contributed by atoms with Crippen molar-refractivity contribution in [2.75, 3.05) is 20.3 Å². The maximum absolute atomic E-state index is 11.5. The average molecular weight is 244 g/mol. The quantitative estimate of drug-likeness (QED) is 0.647. The highest BCUT2D eigenvalue weighted by Crippen LogP contribution is 2.01. The summed E-state index contributed by atoms with van der Waals surface area (Å²) in [6, 6.07) is 0.582. The summed E-state index contributed by atoms with van der Waals surface area (Å²) >= 11 is 0. The molecule has 4 nitrogen and oxygen atoms in total. The third-order valence-electron chi connectivity index (χ3n) is 2.93. The number of amides is 1. The van der Waals surface area contributed by atoms with Crippen molar-refractivity contribution in [3.63, 3.8) is 0 Å². The molecule has 0 aromatic rings. The molecule has 17 heavy (non-hydrogen) atoms. The molecule has 0 aliphatic heterocycles. The summed E-state index contributed by atoms with van der Waals surface area (Å²) in [6.07, 6.45) is 1.49. The van der Waals surface area contributed by atoms with Crippen LogP contribution in [0.2, 0.25) is 0 Å². The summed E-state index contributed by atoms with van der Waals surface area (Å²) < 4.78 is 5.14. The molecule has 4 heteroatoms. The van der Waals surface area contributed by atoms with E-state index in [0.29, 0.717) is 31.5 Å². The number of hydrogen-bond acceptors (Lipinski definition) is 3. The number of ether oxygens (including phenoxy) is 1. The van der Waals surface area contributed by atoms with Crippen molar-refractivity contribution in [1.82, 2.24) is 10.6 Å². The Hall–Kier alpha value is -0.610. The molecule has 0 aromatic heterocycles. The van der Waals surface area contributed by atoms with Gasteiger partial charge in [-0.2, -0.15) is 0 Å². The normalized spacial score (nSPS) is 14.7. The van der Waals surface area contributed by atoms with Crippen LogP contribution in [0.1, 0.15) is 40.5 Å². The van der Waals surface area contributed by atoms with E-state index in [9.17, 15) is 4.79 Å². The van der Waals surface area contributed by atoms with Crippen LogP contribution in [-0.2, 0) is 9.53 Å². The smallest absolute Gasteiger partial charge is 0.221 e. The van der Waals surface area contributed by atoms with Crippen molar-refractivity contribution in [3.05, 3.63) is 0 Å². The molecule has 0 fully saturated rings. The first-order valence-electron chi connectivity index (χ1n) is 6.52. The molecule has 0 rings (SSSR count). The second-order valence-electron chi connectivity index (χ2n) is 4.89. The third-order valence-corrected chi connectivity index (χ3v) is 2.93. The van der Waals surface area contributed by atoms with Gasteiger partial charge in [-0.3, -0.25) is 4.79 Å². The number of carbonyl (C=O) groups excluding carboxylic acids is 1. The summed E-state index contributed by atoms with van der Waals surface area (Å²) in [6.45, 7) is 9.77. The molecule has 0 heterocycles. The van der Waals surface area contributed by atoms with Crippen molar-refractivity contribution < 1.29 is 9.53 Å². The van der Waals surface area contributed by atoms with Gasteiger partial charge in [-0.25, -0.2) is 0 Å². The lowest BCUT2D eigenvalue weighted by Crippen LogP contribution is -2.40. The molecule has 0 aliphatic rings. The van der Waals surface area contributed by atoms with Gasteiger partial charge >= 0.3 is 0 Å². The molecule has 0 bridgehead atoms. The summed E-state index contributed by atoms with van der Waals surface area (Å²) in [5, 5.41) is 6.31. The van der Waals surface area contributed by atoms with E-state index in [1.54, 1.807) is 7.11 Å². The summed E-state index contributed by atoms with van der Waals surface area (Å²) in [4.78, 5) is 11.5. The van der Waals surface area contributed by atoms with Crippen molar-refractivity contribution in [3.8, 4) is 0 Å². The van der Waals surface area contributed by atoms with Crippen LogP contribution < -0.4 is 10.6 Å². The zero-order valence-corrected chi connectivity index (χ0v) is 11.9. The molecule has 2 unspecified atom stereocenters. The lowest BCUT2D eigenvalue weighted by Gasteiger charge is -2.21. The fourth-order valence-electron chi connectivity index (χ4n) is 1.49. The second-order valence-corrected chi connectivity index (χ2v) is 4.89. The number of nitrogens with one attached hydrogen (secondary N) is 2. The maximum atomic E-state index is 11.5. The number of rotatable bonds is 9. The van der Waals surface area contributed by atoms with Gasteiger partial charge in [0, 0.05) is 32.2 Å². The zero-order chi connectivity index (χ0) is 13.3. The monoisotopic (exact) mass is 244 g/mol. The van der Waals surface area contributed by atoms with Gasteiger partial charge in [0.05, 0.1) is 6.61 Å². The minimum atomic E-state index is 0.117. The van der Waals surface area contributed by atoms with Crippen molar-refractivity contribution in [2.45, 2.75) is 52.6 Å². The molecule has 0 radical (unpaired) electrons. The molecular formula is C13H28N2O2. The highest BCUT2D eigenvalue weighted by atomic mass is 16.5. The Morgan fingerprint density at radius 1 is 1.29 bits per heavy atom. The largest absolute Gasteiger partial charge is 0.383 e. The Morgan fingerprint density at radius 3 is 2.41 bits per heavy atom. The van der Waals surface area contributed by atoms with E-state index in [1.807, 2.05) is 6.92 Å². The van der Waals surface area contributed by atoms with Gasteiger partial charge in [0.25, 0.3) is 0 Å². The average Bonchev–Trinajstić information content (AvgIpc) is 2.27. The first-order chi connectivity index (χ1) is 8.01. The van der Waals surface area contributed by atoms with Crippen molar-refractivity contribution in [1.29, 1.82) is 0 Å². The van der Waals surface area contributed by atoms with Crippen LogP contribution in [0.4, 0.5) is 0 Å². The number of methoxy groups -OCH3 is 1. The van der Waals surface area contributed by atoms with Gasteiger partial charge in [0.15, 0.2) is 0 Å². The van der Waals surface area contributed by atoms with Gasteiger partial charge < -0.3 is 15.4 Å². The molecule has 0 aliphatic carbocycles. The predicted molar refractivity (Wildman–Crippen MR) is 71.0 cm³/mol. The predicted octanol–water partition coefficient (Wildman–Crippen LogP) is 1.55. The number of carbonyl (C=O) groups is 1. The highest BCUT2D eigenvalue weighted by molar-refractivity contribution is 5.76. The Bertz CT molecular complexity index is 208. The van der Waals surface area contributed by atoms with Crippen LogP contribution in [0.25, 0.3) is 0 Å². The van der Waals surface area contributed by atoms with E-state index in [4.69, 9.17) is 4.74 Å². The Balaban J connectivity index is 3.76. The number of hydrogen-bond donors (Lipinski definition) is 2. The van der Waals surface area contributed by atoms with Crippen molar-refractivity contribution in [2.24, 2.45) is 5.92 Å². The molecule has 0 spiro atoms. The molecule has 1 amide bonds. The lowest BCUT2D eigenvalue weighted by molar-refractivity contribution is -0.121. The molecule has 2 N–H and O–H groups in total. The molecule has 102 valence electrons. The highest BCUT2D eigenvalue weighted by Gasteiger charge is 2.13. The van der Waals surface area contributed by atoms with Gasteiger partial charge in [-0.05, 0) is 19.3 Å². The van der Waals surface area contributed by atoms with Gasteiger partial charge in [-0.15, -0.1) is 0 Å². The van der Waals surface area contributed by atoms with Crippen molar-refractivity contribution >= 4 is 5.91 Å². The SMILES string of the molecule is CCC(C)NC(=O)CCNC(COC)C(C)C. The van der Waals surface area contributed by atoms with E-state index in [2.05, 4.69) is 31.4 Å². The van der Waals surface area contributed by atoms with Gasteiger partial charge in [0.1, 0.15) is 0 Å². The molecule has 2 atom stereocenters. The summed E-state index contributed by atoms with van der Waals surface area (Å²) in [5.74, 6) is 0.624. The van der Waals surface area contributed by atoms with E-state index in [-0.39, 0.29) is 11.9 Å². The third kappa shape index (κ3) is 8.16. The first-order valence-corrected chi connectivity index (χ1v) is 6.52. The fourth-order valence-corrected chi connectivity index (χ4v) is 1.49. The Kier molecular flexibility index (Phi) is 9.09. The summed E-state index contributed by atoms with van der Waals surface area (Å²) in [7, 11) is 1.70. The molecule has 0 saturated carbocycles. The zero-order valence-electron chi connectivity index (χ0n) is 11.9. The maximum Gasteiger partial charge on any atom is 0.221 e. The van der Waals surface area contributed by atoms with Crippen LogP contribution >= 0.6 is 0 Å². The van der Waals surface area contributed by atoms with E-state index >= 15 is 0 Å². The van der Waals surface area contributed by atoms with Crippen LogP contribution in [0, 0.1) is 5.92 Å². The van der Waals surface area contributed by atoms with Crippen LogP contribution in [0.15, 0.2) is 0 Å². The molecular weight excluding hydrogens is 216 g/mol. The van der Waals surface area contributed by atoms with E-state index < -0.39 is 0 Å². The summed E-state index contributed by atoms with van der Waals surface area (Å²) in [5.41, 5.74) is 0. The molecule has 0 aromatic carbocycles. The Morgan fingerprint density at radius 2 is 1.94 bits per heavy atom. The minimum Gasteiger partial charge on any atom is -0.383 e. The van der Waals surface area contributed by atoms with Gasteiger partial charge in [0.2, 0.25) is 5.91 Å².